The molecule has 0 radical (unpaired) electrons. The Morgan fingerprint density at radius 3 is 2.09 bits per heavy atom. The predicted octanol–water partition coefficient (Wildman–Crippen LogP) is 3.79. The number of rotatable bonds is 10. The van der Waals surface area contributed by atoms with E-state index >= 15 is 0 Å². The first-order chi connectivity index (χ1) is 16.6. The van der Waals surface area contributed by atoms with Crippen molar-refractivity contribution in [2.75, 3.05) is 26.9 Å². The van der Waals surface area contributed by atoms with Crippen LogP contribution in [0.2, 0.25) is 0 Å². The van der Waals surface area contributed by atoms with E-state index in [1.807, 2.05) is 57.2 Å². The number of nitrogens with one attached hydrogen (secondary N) is 2. The molecule has 2 atom stereocenters. The number of methoxy groups -OCH3 is 1. The van der Waals surface area contributed by atoms with E-state index in [0.29, 0.717) is 6.42 Å². The topological polar surface area (TPSA) is 114 Å². The summed E-state index contributed by atoms with van der Waals surface area (Å²) in [5.41, 5.74) is 4.21. The van der Waals surface area contributed by atoms with E-state index in [9.17, 15) is 19.5 Å². The maximum atomic E-state index is 12.7. The van der Waals surface area contributed by atoms with Gasteiger partial charge in [0.15, 0.2) is 0 Å². The molecular weight excluding hydrogens is 448 g/mol. The highest BCUT2D eigenvalue weighted by atomic mass is 16.5. The maximum absolute atomic E-state index is 12.7. The van der Waals surface area contributed by atoms with Crippen LogP contribution in [-0.4, -0.2) is 56.0 Å². The number of ether oxygens (including phenoxy) is 2. The highest BCUT2D eigenvalue weighted by Gasteiger charge is 2.30. The van der Waals surface area contributed by atoms with Gasteiger partial charge >= 0.3 is 12.1 Å². The number of carboxylic acid groups (broad SMARTS) is 1. The molecule has 0 aliphatic heterocycles. The smallest absolute Gasteiger partial charge is 0.407 e. The third-order valence-electron chi connectivity index (χ3n) is 6.02. The summed E-state index contributed by atoms with van der Waals surface area (Å²) in [4.78, 5) is 36.9. The van der Waals surface area contributed by atoms with Crippen molar-refractivity contribution >= 4 is 18.0 Å². The Kier molecular flexibility index (Phi) is 8.51. The Balaban J connectivity index is 1.59. The van der Waals surface area contributed by atoms with Crippen LogP contribution in [-0.2, 0) is 19.1 Å². The lowest BCUT2D eigenvalue weighted by Gasteiger charge is -2.24. The number of hydrogen-bond acceptors (Lipinski definition) is 5. The van der Waals surface area contributed by atoms with Crippen LogP contribution >= 0.6 is 0 Å². The Bertz CT molecular complexity index is 1020. The summed E-state index contributed by atoms with van der Waals surface area (Å²) in [6.07, 6.45) is -0.342. The van der Waals surface area contributed by atoms with Crippen LogP contribution in [0.15, 0.2) is 48.5 Å². The molecule has 1 aliphatic carbocycles. The Morgan fingerprint density at radius 2 is 1.57 bits per heavy atom. The molecule has 0 spiro atoms. The molecule has 35 heavy (non-hydrogen) atoms. The first-order valence-electron chi connectivity index (χ1n) is 11.7. The molecule has 2 aromatic carbocycles. The van der Waals surface area contributed by atoms with Gasteiger partial charge in [-0.3, -0.25) is 9.59 Å². The van der Waals surface area contributed by atoms with E-state index in [0.717, 1.165) is 22.3 Å². The fraction of sp³-hybridized carbons (Fsp3) is 0.444. The molecule has 0 fully saturated rings. The zero-order valence-electron chi connectivity index (χ0n) is 20.7. The summed E-state index contributed by atoms with van der Waals surface area (Å²) in [7, 11) is 1.42. The largest absolute Gasteiger partial charge is 0.481 e. The van der Waals surface area contributed by atoms with Crippen molar-refractivity contribution in [1.29, 1.82) is 0 Å². The van der Waals surface area contributed by atoms with Crippen LogP contribution in [0.3, 0.4) is 0 Å². The second-order valence-electron chi connectivity index (χ2n) is 10.0. The number of hydrogen-bond donors (Lipinski definition) is 3. The van der Waals surface area contributed by atoms with E-state index < -0.39 is 29.9 Å². The number of amides is 2. The molecule has 0 saturated carbocycles. The van der Waals surface area contributed by atoms with Crippen LogP contribution in [0.25, 0.3) is 11.1 Å². The Hall–Kier alpha value is -3.39. The van der Waals surface area contributed by atoms with E-state index in [2.05, 4.69) is 22.8 Å². The molecule has 0 bridgehead atoms. The lowest BCUT2D eigenvalue weighted by Crippen LogP contribution is -2.51. The monoisotopic (exact) mass is 482 g/mol. The van der Waals surface area contributed by atoms with Gasteiger partial charge in [-0.05, 0) is 34.1 Å². The number of carbonyl (C=O) groups excluding carboxylic acids is 2. The van der Waals surface area contributed by atoms with E-state index in [1.165, 1.54) is 7.11 Å². The molecule has 1 aliphatic rings. The van der Waals surface area contributed by atoms with Crippen molar-refractivity contribution in [3.05, 3.63) is 59.7 Å². The molecule has 188 valence electrons. The van der Waals surface area contributed by atoms with E-state index in [4.69, 9.17) is 9.47 Å². The molecule has 8 heteroatoms. The van der Waals surface area contributed by atoms with Gasteiger partial charge in [0.1, 0.15) is 12.6 Å². The molecule has 0 saturated heterocycles. The molecule has 0 heterocycles. The average molecular weight is 483 g/mol. The summed E-state index contributed by atoms with van der Waals surface area (Å²) in [5, 5.41) is 14.7. The maximum Gasteiger partial charge on any atom is 0.407 e. The second kappa shape index (κ2) is 11.4. The van der Waals surface area contributed by atoms with Gasteiger partial charge in [-0.25, -0.2) is 4.79 Å². The lowest BCUT2D eigenvalue weighted by atomic mass is 9.84. The Morgan fingerprint density at radius 1 is 1.00 bits per heavy atom. The molecule has 2 amide bonds. The molecule has 3 rings (SSSR count). The van der Waals surface area contributed by atoms with Crippen LogP contribution < -0.4 is 10.6 Å². The van der Waals surface area contributed by atoms with Gasteiger partial charge in [-0.1, -0.05) is 69.3 Å². The lowest BCUT2D eigenvalue weighted by molar-refractivity contribution is -0.142. The number of carbonyl (C=O) groups is 3. The fourth-order valence-corrected chi connectivity index (χ4v) is 4.46. The predicted molar refractivity (Wildman–Crippen MR) is 132 cm³/mol. The highest BCUT2D eigenvalue weighted by Crippen LogP contribution is 2.44. The van der Waals surface area contributed by atoms with Gasteiger partial charge in [0.2, 0.25) is 5.91 Å². The molecule has 0 aromatic heterocycles. The molecule has 3 N–H and O–H groups in total. The van der Waals surface area contributed by atoms with Crippen LogP contribution in [0.5, 0.6) is 0 Å². The molecule has 2 unspecified atom stereocenters. The number of benzene rings is 2. The average Bonchev–Trinajstić information content (AvgIpc) is 3.13. The van der Waals surface area contributed by atoms with Crippen molar-refractivity contribution in [2.45, 2.75) is 39.2 Å². The summed E-state index contributed by atoms with van der Waals surface area (Å²) in [6.45, 7) is 5.82. The SMILES string of the molecule is COCC(NC(=O)OCC1c2ccccc2-c2ccccc21)C(=O)NCC(CC(C)(C)C)C(=O)O. The van der Waals surface area contributed by atoms with Crippen LogP contribution in [0.4, 0.5) is 4.79 Å². The quantitative estimate of drug-likeness (QED) is 0.475. The van der Waals surface area contributed by atoms with Crippen molar-refractivity contribution < 1.29 is 29.0 Å². The zero-order chi connectivity index (χ0) is 25.6. The zero-order valence-corrected chi connectivity index (χ0v) is 20.7. The van der Waals surface area contributed by atoms with Gasteiger partial charge in [0, 0.05) is 19.6 Å². The van der Waals surface area contributed by atoms with Gasteiger partial charge in [0.25, 0.3) is 0 Å². The third-order valence-corrected chi connectivity index (χ3v) is 6.02. The number of fused-ring (bicyclic) bond motifs is 3. The summed E-state index contributed by atoms with van der Waals surface area (Å²) in [5.74, 6) is -2.35. The van der Waals surface area contributed by atoms with Crippen LogP contribution in [0, 0.1) is 11.3 Å². The van der Waals surface area contributed by atoms with Gasteiger partial charge in [-0.2, -0.15) is 0 Å². The number of aliphatic carboxylic acids is 1. The summed E-state index contributed by atoms with van der Waals surface area (Å²) < 4.78 is 10.6. The van der Waals surface area contributed by atoms with Gasteiger partial charge < -0.3 is 25.2 Å². The molecule has 2 aromatic rings. The van der Waals surface area contributed by atoms with Crippen molar-refractivity contribution in [3.8, 4) is 11.1 Å². The fourth-order valence-electron chi connectivity index (χ4n) is 4.46. The van der Waals surface area contributed by atoms with Gasteiger partial charge in [0.05, 0.1) is 12.5 Å². The normalized spacial score (nSPS) is 14.4. The van der Waals surface area contributed by atoms with Crippen molar-refractivity contribution in [2.24, 2.45) is 11.3 Å². The highest BCUT2D eigenvalue weighted by molar-refractivity contribution is 5.86. The minimum atomic E-state index is -1.01. The Labute approximate surface area is 206 Å². The summed E-state index contributed by atoms with van der Waals surface area (Å²) >= 11 is 0. The second-order valence-corrected chi connectivity index (χ2v) is 10.0. The molecule has 8 nitrogen and oxygen atoms in total. The first-order valence-corrected chi connectivity index (χ1v) is 11.7. The summed E-state index contributed by atoms with van der Waals surface area (Å²) in [6, 6.07) is 15.0. The standard InChI is InChI=1S/C27H34N2O6/c1-27(2,3)13-17(25(31)32)14-28-24(30)23(16-34-4)29-26(33)35-15-22-20-11-7-5-9-18(20)19-10-6-8-12-21(19)22/h5-12,17,22-23H,13-16H2,1-4H3,(H,28,30)(H,29,33)(H,31,32). The minimum absolute atomic E-state index is 0.0436. The van der Waals surface area contributed by atoms with Gasteiger partial charge in [-0.15, -0.1) is 0 Å². The van der Waals surface area contributed by atoms with E-state index in [1.54, 1.807) is 0 Å². The van der Waals surface area contributed by atoms with Crippen LogP contribution in [0.1, 0.15) is 44.2 Å². The van der Waals surface area contributed by atoms with Crippen molar-refractivity contribution in [1.82, 2.24) is 10.6 Å². The molecular formula is C27H34N2O6. The third kappa shape index (κ3) is 6.82. The number of carboxylic acids is 1. The first kappa shape index (κ1) is 26.2. The van der Waals surface area contributed by atoms with Crippen molar-refractivity contribution in [3.63, 3.8) is 0 Å². The number of alkyl carbamates (subject to hydrolysis) is 1. The minimum Gasteiger partial charge on any atom is -0.481 e. The van der Waals surface area contributed by atoms with E-state index in [-0.39, 0.29) is 31.1 Å².